The minimum atomic E-state index is -0.370. The molecule has 118 valence electrons. The number of hydrogen-bond acceptors (Lipinski definition) is 3. The van der Waals surface area contributed by atoms with Crippen molar-refractivity contribution in [2.24, 2.45) is 0 Å². The van der Waals surface area contributed by atoms with Gasteiger partial charge in [0.1, 0.15) is 5.82 Å². The van der Waals surface area contributed by atoms with E-state index in [1.807, 2.05) is 6.92 Å². The number of rotatable bonds is 2. The third-order valence-corrected chi connectivity index (χ3v) is 4.78. The summed E-state index contributed by atoms with van der Waals surface area (Å²) in [5.41, 5.74) is 1.94. The van der Waals surface area contributed by atoms with Crippen LogP contribution in [0.3, 0.4) is 0 Å². The lowest BCUT2D eigenvalue weighted by atomic mass is 10.1. The summed E-state index contributed by atoms with van der Waals surface area (Å²) in [6.07, 6.45) is 0. The third-order valence-electron chi connectivity index (χ3n) is 3.60. The smallest absolute Gasteiger partial charge is 0.255 e. The molecule has 23 heavy (non-hydrogen) atoms. The van der Waals surface area contributed by atoms with E-state index in [-0.39, 0.29) is 22.9 Å². The third kappa shape index (κ3) is 3.22. The van der Waals surface area contributed by atoms with E-state index in [4.69, 9.17) is 0 Å². The van der Waals surface area contributed by atoms with Gasteiger partial charge in [-0.1, -0.05) is 6.07 Å². The van der Waals surface area contributed by atoms with Gasteiger partial charge in [-0.05, 0) is 49.7 Å². The van der Waals surface area contributed by atoms with Crippen LogP contribution in [0.4, 0.5) is 15.8 Å². The van der Waals surface area contributed by atoms with Gasteiger partial charge in [0.15, 0.2) is 0 Å². The van der Waals surface area contributed by atoms with Gasteiger partial charge >= 0.3 is 0 Å². The fraction of sp³-hybridized carbons (Fsp3) is 0.176. The van der Waals surface area contributed by atoms with E-state index in [2.05, 4.69) is 10.6 Å². The lowest BCUT2D eigenvalue weighted by molar-refractivity contribution is -0.115. The van der Waals surface area contributed by atoms with Crippen LogP contribution in [0.2, 0.25) is 0 Å². The van der Waals surface area contributed by atoms with E-state index < -0.39 is 0 Å². The number of halogens is 1. The van der Waals surface area contributed by atoms with Crippen LogP contribution in [-0.2, 0) is 4.79 Å². The summed E-state index contributed by atoms with van der Waals surface area (Å²) in [5, 5.41) is 5.29. The molecule has 0 spiro atoms. The van der Waals surface area contributed by atoms with E-state index in [1.54, 1.807) is 37.3 Å². The van der Waals surface area contributed by atoms with Gasteiger partial charge in [0.2, 0.25) is 5.91 Å². The van der Waals surface area contributed by atoms with Crippen LogP contribution >= 0.6 is 11.8 Å². The van der Waals surface area contributed by atoms with Crippen LogP contribution in [0.25, 0.3) is 0 Å². The van der Waals surface area contributed by atoms with E-state index in [9.17, 15) is 14.0 Å². The molecule has 0 saturated heterocycles. The first-order valence-corrected chi connectivity index (χ1v) is 8.01. The van der Waals surface area contributed by atoms with Crippen LogP contribution in [0.15, 0.2) is 41.3 Å². The average molecular weight is 330 g/mol. The number of carbonyl (C=O) groups excluding carboxylic acids is 2. The standard InChI is InChI=1S/C17H15FN2O2S/c1-9-3-5-12(8-13(9)18)19-17(22)11-4-6-15-14(7-11)20-16(21)10(2)23-15/h3-8,10H,1-2H3,(H,19,22)(H,20,21)/t10-/m1/s1. The quantitative estimate of drug-likeness (QED) is 0.880. The topological polar surface area (TPSA) is 58.2 Å². The predicted molar refractivity (Wildman–Crippen MR) is 89.5 cm³/mol. The number of benzene rings is 2. The number of aryl methyl sites for hydroxylation is 1. The Labute approximate surface area is 137 Å². The minimum Gasteiger partial charge on any atom is -0.324 e. The Kier molecular flexibility index (Phi) is 4.09. The highest BCUT2D eigenvalue weighted by Gasteiger charge is 2.23. The van der Waals surface area contributed by atoms with Crippen LogP contribution < -0.4 is 10.6 Å². The van der Waals surface area contributed by atoms with Crippen molar-refractivity contribution in [3.8, 4) is 0 Å². The molecule has 0 aliphatic carbocycles. The molecule has 0 aromatic heterocycles. The second-order valence-electron chi connectivity index (χ2n) is 5.38. The van der Waals surface area contributed by atoms with Gasteiger partial charge in [-0.2, -0.15) is 0 Å². The molecule has 6 heteroatoms. The zero-order valence-corrected chi connectivity index (χ0v) is 13.5. The fourth-order valence-corrected chi connectivity index (χ4v) is 3.15. The van der Waals surface area contributed by atoms with E-state index in [0.717, 1.165) is 4.90 Å². The Morgan fingerprint density at radius 3 is 2.78 bits per heavy atom. The zero-order chi connectivity index (χ0) is 16.6. The van der Waals surface area contributed by atoms with E-state index in [0.29, 0.717) is 22.5 Å². The first-order valence-electron chi connectivity index (χ1n) is 7.13. The highest BCUT2D eigenvalue weighted by molar-refractivity contribution is 8.00. The molecule has 2 aromatic carbocycles. The van der Waals surface area contributed by atoms with Crippen LogP contribution in [0.5, 0.6) is 0 Å². The van der Waals surface area contributed by atoms with E-state index >= 15 is 0 Å². The summed E-state index contributed by atoms with van der Waals surface area (Å²) in [6, 6.07) is 9.66. The first-order chi connectivity index (χ1) is 10.9. The summed E-state index contributed by atoms with van der Waals surface area (Å²) in [7, 11) is 0. The van der Waals surface area contributed by atoms with Crippen LogP contribution in [-0.4, -0.2) is 17.1 Å². The van der Waals surface area contributed by atoms with Gasteiger partial charge in [-0.25, -0.2) is 4.39 Å². The molecule has 0 bridgehead atoms. The van der Waals surface area contributed by atoms with Crippen LogP contribution in [0.1, 0.15) is 22.8 Å². The highest BCUT2D eigenvalue weighted by atomic mass is 32.2. The summed E-state index contributed by atoms with van der Waals surface area (Å²) in [4.78, 5) is 24.9. The second-order valence-corrected chi connectivity index (χ2v) is 6.76. The van der Waals surface area contributed by atoms with Crippen molar-refractivity contribution >= 4 is 35.0 Å². The summed E-state index contributed by atoms with van der Waals surface area (Å²) >= 11 is 1.45. The van der Waals surface area contributed by atoms with Crippen molar-refractivity contribution in [1.82, 2.24) is 0 Å². The predicted octanol–water partition coefficient (Wildman–Crippen LogP) is 3.82. The molecule has 2 N–H and O–H groups in total. The molecule has 2 aromatic rings. The molecular weight excluding hydrogens is 315 g/mol. The Bertz CT molecular complexity index is 807. The average Bonchev–Trinajstić information content (AvgIpc) is 2.51. The number of anilines is 2. The molecule has 1 aliphatic heterocycles. The summed E-state index contributed by atoms with van der Waals surface area (Å²) in [5.74, 6) is -0.805. The first kappa shape index (κ1) is 15.6. The Morgan fingerprint density at radius 1 is 1.26 bits per heavy atom. The Balaban J connectivity index is 1.81. The molecule has 0 radical (unpaired) electrons. The molecule has 0 unspecified atom stereocenters. The number of amides is 2. The molecule has 3 rings (SSSR count). The lowest BCUT2D eigenvalue weighted by Gasteiger charge is -2.21. The normalized spacial score (nSPS) is 16.5. The maximum absolute atomic E-state index is 13.5. The summed E-state index contributed by atoms with van der Waals surface area (Å²) < 4.78 is 13.5. The SMILES string of the molecule is Cc1ccc(NC(=O)c2ccc3c(c2)NC(=O)[C@@H](C)S3)cc1F. The number of carbonyl (C=O) groups is 2. The van der Waals surface area contributed by atoms with Gasteiger partial charge in [0.25, 0.3) is 5.91 Å². The molecule has 1 heterocycles. The molecule has 1 atom stereocenters. The Hall–Kier alpha value is -2.34. The largest absolute Gasteiger partial charge is 0.324 e. The van der Waals surface area contributed by atoms with Gasteiger partial charge in [-0.3, -0.25) is 9.59 Å². The van der Waals surface area contributed by atoms with Crippen molar-refractivity contribution in [2.45, 2.75) is 24.0 Å². The monoisotopic (exact) mass is 330 g/mol. The highest BCUT2D eigenvalue weighted by Crippen LogP contribution is 2.36. The maximum atomic E-state index is 13.5. The minimum absolute atomic E-state index is 0.0827. The van der Waals surface area contributed by atoms with Crippen molar-refractivity contribution in [1.29, 1.82) is 0 Å². The van der Waals surface area contributed by atoms with E-state index in [1.165, 1.54) is 17.8 Å². The fourth-order valence-electron chi connectivity index (χ4n) is 2.22. The van der Waals surface area contributed by atoms with Gasteiger partial charge in [-0.15, -0.1) is 11.8 Å². The molecular formula is C17H15FN2O2S. The number of hydrogen-bond donors (Lipinski definition) is 2. The molecule has 4 nitrogen and oxygen atoms in total. The number of nitrogens with one attached hydrogen (secondary N) is 2. The summed E-state index contributed by atoms with van der Waals surface area (Å²) in [6.45, 7) is 3.49. The maximum Gasteiger partial charge on any atom is 0.255 e. The number of fused-ring (bicyclic) bond motifs is 1. The van der Waals surface area contributed by atoms with Gasteiger partial charge in [0, 0.05) is 16.1 Å². The van der Waals surface area contributed by atoms with Crippen molar-refractivity contribution in [3.63, 3.8) is 0 Å². The van der Waals surface area contributed by atoms with Gasteiger partial charge < -0.3 is 10.6 Å². The molecule has 1 aliphatic rings. The van der Waals surface area contributed by atoms with Crippen LogP contribution in [0, 0.1) is 12.7 Å². The zero-order valence-electron chi connectivity index (χ0n) is 12.6. The van der Waals surface area contributed by atoms with Gasteiger partial charge in [0.05, 0.1) is 10.9 Å². The Morgan fingerprint density at radius 2 is 2.04 bits per heavy atom. The second kappa shape index (κ2) is 6.04. The van der Waals surface area contributed by atoms with Crippen molar-refractivity contribution in [2.75, 3.05) is 10.6 Å². The number of thioether (sulfide) groups is 1. The van der Waals surface area contributed by atoms with Crippen molar-refractivity contribution < 1.29 is 14.0 Å². The molecule has 0 saturated carbocycles. The lowest BCUT2D eigenvalue weighted by Crippen LogP contribution is -2.26. The molecule has 0 fully saturated rings. The van der Waals surface area contributed by atoms with Crippen molar-refractivity contribution in [3.05, 3.63) is 53.3 Å². The molecule has 2 amide bonds.